The lowest BCUT2D eigenvalue weighted by Crippen LogP contribution is -2.21. The largest absolute Gasteiger partial charge is 0.508 e. The van der Waals surface area contributed by atoms with E-state index in [9.17, 15) is 15.0 Å². The molecule has 0 unspecified atom stereocenters. The third-order valence-corrected chi connectivity index (χ3v) is 4.40. The van der Waals surface area contributed by atoms with Crippen LogP contribution in [0, 0.1) is 0 Å². The monoisotopic (exact) mass is 371 g/mol. The van der Waals surface area contributed by atoms with Crippen molar-refractivity contribution < 1.29 is 10.2 Å². The maximum Gasteiger partial charge on any atom is 0.295 e. The maximum absolute atomic E-state index is 12.8. The van der Waals surface area contributed by atoms with Gasteiger partial charge in [0, 0.05) is 23.4 Å². The highest BCUT2D eigenvalue weighted by atomic mass is 16.3. The van der Waals surface area contributed by atoms with Crippen LogP contribution in [0.5, 0.6) is 11.5 Å². The molecule has 0 fully saturated rings. The molecule has 0 atom stereocenters. The molecule has 0 radical (unpaired) electrons. The van der Waals surface area contributed by atoms with Crippen LogP contribution in [0.3, 0.4) is 0 Å². The Morgan fingerprint density at radius 2 is 1.64 bits per heavy atom. The number of hydrogen-bond donors (Lipinski definition) is 2. The summed E-state index contributed by atoms with van der Waals surface area (Å²) >= 11 is 0. The lowest BCUT2D eigenvalue weighted by atomic mass is 10.0. The molecule has 0 saturated carbocycles. The van der Waals surface area contributed by atoms with Gasteiger partial charge in [-0.1, -0.05) is 48.5 Å². The van der Waals surface area contributed by atoms with E-state index in [1.54, 1.807) is 12.1 Å². The van der Waals surface area contributed by atoms with Crippen molar-refractivity contribution in [2.24, 2.45) is 5.10 Å². The smallest absolute Gasteiger partial charge is 0.295 e. The van der Waals surface area contributed by atoms with Gasteiger partial charge in [-0.05, 0) is 23.8 Å². The first-order valence-electron chi connectivity index (χ1n) is 8.73. The number of rotatable bonds is 4. The summed E-state index contributed by atoms with van der Waals surface area (Å²) in [6.07, 6.45) is 1.89. The highest BCUT2D eigenvalue weighted by Gasteiger charge is 2.10. The Balaban J connectivity index is 1.81. The van der Waals surface area contributed by atoms with Gasteiger partial charge in [-0.25, -0.2) is 0 Å². The molecule has 6 heteroatoms. The molecule has 0 saturated heterocycles. The summed E-state index contributed by atoms with van der Waals surface area (Å²) in [6, 6.07) is 21.3. The van der Waals surface area contributed by atoms with Gasteiger partial charge in [-0.15, -0.1) is 4.79 Å². The first-order chi connectivity index (χ1) is 13.6. The molecule has 3 aromatic carbocycles. The van der Waals surface area contributed by atoms with Gasteiger partial charge in [0.05, 0.1) is 17.3 Å². The van der Waals surface area contributed by atoms with Crippen LogP contribution in [-0.4, -0.2) is 26.3 Å². The molecule has 0 bridgehead atoms. The van der Waals surface area contributed by atoms with Gasteiger partial charge < -0.3 is 10.2 Å². The van der Waals surface area contributed by atoms with E-state index in [1.807, 2.05) is 42.5 Å². The number of phenols is 2. The molecular weight excluding hydrogens is 354 g/mol. The van der Waals surface area contributed by atoms with Crippen molar-refractivity contribution in [2.75, 3.05) is 0 Å². The van der Waals surface area contributed by atoms with Crippen molar-refractivity contribution in [1.29, 1.82) is 0 Å². The van der Waals surface area contributed by atoms with Crippen molar-refractivity contribution >= 4 is 17.0 Å². The molecule has 28 heavy (non-hydrogen) atoms. The number of fused-ring (bicyclic) bond motifs is 1. The molecule has 1 heterocycles. The minimum absolute atomic E-state index is 0.0548. The van der Waals surface area contributed by atoms with E-state index in [1.165, 1.54) is 24.4 Å². The molecule has 0 aliphatic carbocycles. The first-order valence-corrected chi connectivity index (χ1v) is 8.73. The highest BCUT2D eigenvalue weighted by Crippen LogP contribution is 2.21. The average Bonchev–Trinajstić information content (AvgIpc) is 2.71. The second-order valence-corrected chi connectivity index (χ2v) is 6.34. The number of phenolic OH excluding ortho intramolecular Hbond substituents is 2. The molecule has 0 spiro atoms. The van der Waals surface area contributed by atoms with E-state index < -0.39 is 0 Å². The van der Waals surface area contributed by atoms with Gasteiger partial charge in [0.25, 0.3) is 5.56 Å². The molecular formula is C22H17N3O3. The fourth-order valence-electron chi connectivity index (χ4n) is 3.00. The van der Waals surface area contributed by atoms with E-state index >= 15 is 0 Å². The van der Waals surface area contributed by atoms with Crippen LogP contribution < -0.4 is 5.56 Å². The normalized spacial score (nSPS) is 11.3. The second kappa shape index (κ2) is 7.36. The number of benzene rings is 3. The standard InChI is InChI=1S/C22H17N3O3/c26-17-11-10-16(21(27)13-17)14-23-25-22(28)19-9-5-4-8-18(19)20(24-25)12-15-6-2-1-3-7-15/h1-11,13-14,26-27H,12H2. The number of nitrogens with zero attached hydrogens (tertiary/aromatic N) is 3. The predicted molar refractivity (Wildman–Crippen MR) is 108 cm³/mol. The predicted octanol–water partition coefficient (Wildman–Crippen LogP) is 3.28. The molecule has 0 amide bonds. The highest BCUT2D eigenvalue weighted by molar-refractivity contribution is 5.85. The van der Waals surface area contributed by atoms with E-state index in [0.29, 0.717) is 17.4 Å². The third kappa shape index (κ3) is 3.48. The molecule has 2 N–H and O–H groups in total. The van der Waals surface area contributed by atoms with E-state index in [-0.39, 0.29) is 17.1 Å². The fraction of sp³-hybridized carbons (Fsp3) is 0.0455. The van der Waals surface area contributed by atoms with Gasteiger partial charge >= 0.3 is 0 Å². The fourth-order valence-corrected chi connectivity index (χ4v) is 3.00. The van der Waals surface area contributed by atoms with Crippen LogP contribution in [0.2, 0.25) is 0 Å². The van der Waals surface area contributed by atoms with Gasteiger partial charge in [-0.3, -0.25) is 4.79 Å². The maximum atomic E-state index is 12.8. The molecule has 1 aromatic heterocycles. The first kappa shape index (κ1) is 17.5. The van der Waals surface area contributed by atoms with Crippen LogP contribution in [0.4, 0.5) is 0 Å². The van der Waals surface area contributed by atoms with E-state index in [0.717, 1.165) is 21.4 Å². The van der Waals surface area contributed by atoms with Gasteiger partial charge in [0.1, 0.15) is 11.5 Å². The van der Waals surface area contributed by atoms with Crippen molar-refractivity contribution in [3.63, 3.8) is 0 Å². The van der Waals surface area contributed by atoms with Crippen LogP contribution in [0.1, 0.15) is 16.8 Å². The molecule has 0 aliphatic rings. The number of aromatic hydroxyl groups is 2. The number of hydrogen-bond acceptors (Lipinski definition) is 5. The van der Waals surface area contributed by atoms with Crippen molar-refractivity contribution in [2.45, 2.75) is 6.42 Å². The Kier molecular flexibility index (Phi) is 4.60. The van der Waals surface area contributed by atoms with Crippen LogP contribution in [-0.2, 0) is 6.42 Å². The molecule has 4 aromatic rings. The summed E-state index contributed by atoms with van der Waals surface area (Å²) in [5.41, 5.74) is 1.82. The summed E-state index contributed by atoms with van der Waals surface area (Å²) in [6.45, 7) is 0. The zero-order valence-corrected chi connectivity index (χ0v) is 14.9. The average molecular weight is 371 g/mol. The minimum atomic E-state index is -0.345. The summed E-state index contributed by atoms with van der Waals surface area (Å²) < 4.78 is 0. The summed E-state index contributed by atoms with van der Waals surface area (Å²) in [4.78, 5) is 13.8. The lowest BCUT2D eigenvalue weighted by molar-refractivity contribution is 0.450. The zero-order valence-electron chi connectivity index (χ0n) is 14.9. The Morgan fingerprint density at radius 3 is 2.39 bits per heavy atom. The van der Waals surface area contributed by atoms with Crippen LogP contribution in [0.25, 0.3) is 10.8 Å². The zero-order chi connectivity index (χ0) is 19.5. The summed E-state index contributed by atoms with van der Waals surface area (Å²) in [5.74, 6) is -0.192. The van der Waals surface area contributed by atoms with E-state index in [4.69, 9.17) is 0 Å². The van der Waals surface area contributed by atoms with Gasteiger partial charge in [0.15, 0.2) is 0 Å². The van der Waals surface area contributed by atoms with Crippen LogP contribution in [0.15, 0.2) is 82.7 Å². The SMILES string of the molecule is O=c1c2ccccc2c(Cc2ccccc2)nn1N=Cc1ccc(O)cc1O. The van der Waals surface area contributed by atoms with E-state index in [2.05, 4.69) is 10.2 Å². The Morgan fingerprint density at radius 1 is 0.929 bits per heavy atom. The molecule has 138 valence electrons. The molecule has 0 aliphatic heterocycles. The summed E-state index contributed by atoms with van der Waals surface area (Å²) in [7, 11) is 0. The topological polar surface area (TPSA) is 87.7 Å². The Bertz CT molecular complexity index is 1230. The quantitative estimate of drug-likeness (QED) is 0.539. The van der Waals surface area contributed by atoms with Gasteiger partial charge in [-0.2, -0.15) is 10.2 Å². The third-order valence-electron chi connectivity index (χ3n) is 4.40. The Labute approximate surface area is 160 Å². The molecule has 4 rings (SSSR count). The van der Waals surface area contributed by atoms with Crippen molar-refractivity contribution in [3.05, 3.63) is 100.0 Å². The number of aromatic nitrogens is 2. The lowest BCUT2D eigenvalue weighted by Gasteiger charge is -2.08. The summed E-state index contributed by atoms with van der Waals surface area (Å²) in [5, 5.41) is 29.2. The van der Waals surface area contributed by atoms with Crippen LogP contribution >= 0.6 is 0 Å². The Hall–Kier alpha value is -3.93. The van der Waals surface area contributed by atoms with Crippen molar-refractivity contribution in [1.82, 2.24) is 9.89 Å². The molecule has 6 nitrogen and oxygen atoms in total. The minimum Gasteiger partial charge on any atom is -0.508 e. The second-order valence-electron chi connectivity index (χ2n) is 6.34. The van der Waals surface area contributed by atoms with Crippen molar-refractivity contribution in [3.8, 4) is 11.5 Å². The van der Waals surface area contributed by atoms with Gasteiger partial charge in [0.2, 0.25) is 0 Å².